The number of rotatable bonds is 5. The highest BCUT2D eigenvalue weighted by Crippen LogP contribution is 2.18. The molecule has 0 aromatic heterocycles. The number of carbonyl (C=O) groups excluding carboxylic acids is 2. The minimum atomic E-state index is -0.498. The predicted molar refractivity (Wildman–Crippen MR) is 64.2 cm³/mol. The smallest absolute Gasteiger partial charge is 0.308 e. The van der Waals surface area contributed by atoms with E-state index in [2.05, 4.69) is 5.32 Å². The van der Waals surface area contributed by atoms with Crippen LogP contribution in [0, 0.1) is 5.82 Å². The van der Waals surface area contributed by atoms with Crippen molar-refractivity contribution in [3.05, 3.63) is 35.6 Å². The summed E-state index contributed by atoms with van der Waals surface area (Å²) in [6, 6.07) is 5.15. The van der Waals surface area contributed by atoms with Crippen molar-refractivity contribution in [2.45, 2.75) is 26.3 Å². The first kappa shape index (κ1) is 14.2. The normalized spacial score (nSPS) is 11.7. The monoisotopic (exact) mass is 253 g/mol. The summed E-state index contributed by atoms with van der Waals surface area (Å²) < 4.78 is 17.7. The van der Waals surface area contributed by atoms with Crippen molar-refractivity contribution in [2.75, 3.05) is 6.61 Å². The van der Waals surface area contributed by atoms with Gasteiger partial charge in [0.2, 0.25) is 5.91 Å². The van der Waals surface area contributed by atoms with Gasteiger partial charge >= 0.3 is 5.97 Å². The average molecular weight is 253 g/mol. The molecule has 98 valence electrons. The zero-order chi connectivity index (χ0) is 13.5. The number of ether oxygens (including phenoxy) is 1. The molecule has 4 nitrogen and oxygen atoms in total. The third-order valence-electron chi connectivity index (χ3n) is 2.33. The van der Waals surface area contributed by atoms with Gasteiger partial charge in [-0.05, 0) is 24.6 Å². The molecular weight excluding hydrogens is 237 g/mol. The van der Waals surface area contributed by atoms with Gasteiger partial charge in [-0.3, -0.25) is 9.59 Å². The molecule has 0 aliphatic carbocycles. The van der Waals surface area contributed by atoms with Gasteiger partial charge in [-0.15, -0.1) is 0 Å². The van der Waals surface area contributed by atoms with Gasteiger partial charge in [-0.25, -0.2) is 4.39 Å². The van der Waals surface area contributed by atoms with E-state index >= 15 is 0 Å². The van der Waals surface area contributed by atoms with E-state index in [0.29, 0.717) is 5.56 Å². The minimum absolute atomic E-state index is 0.0268. The Morgan fingerprint density at radius 1 is 1.33 bits per heavy atom. The van der Waals surface area contributed by atoms with Crippen LogP contribution in [-0.2, 0) is 14.3 Å². The summed E-state index contributed by atoms with van der Waals surface area (Å²) in [5.74, 6) is -1.02. The number of carbonyl (C=O) groups is 2. The second kappa shape index (κ2) is 6.74. The molecule has 0 bridgehead atoms. The molecule has 0 saturated carbocycles. The fourth-order valence-electron chi connectivity index (χ4n) is 1.58. The van der Waals surface area contributed by atoms with Crippen molar-refractivity contribution in [3.63, 3.8) is 0 Å². The molecule has 0 aliphatic rings. The number of hydrogen-bond donors (Lipinski definition) is 1. The molecule has 5 heteroatoms. The van der Waals surface area contributed by atoms with Crippen molar-refractivity contribution < 1.29 is 18.7 Å². The lowest BCUT2D eigenvalue weighted by molar-refractivity contribution is -0.143. The van der Waals surface area contributed by atoms with E-state index in [-0.39, 0.29) is 24.8 Å². The molecule has 1 aromatic rings. The van der Waals surface area contributed by atoms with Crippen molar-refractivity contribution in [1.82, 2.24) is 5.32 Å². The molecule has 1 amide bonds. The van der Waals surface area contributed by atoms with Crippen LogP contribution < -0.4 is 5.32 Å². The summed E-state index contributed by atoms with van der Waals surface area (Å²) in [5.41, 5.74) is 0.666. The third-order valence-corrected chi connectivity index (χ3v) is 2.33. The molecule has 1 N–H and O–H groups in total. The first-order valence-corrected chi connectivity index (χ1v) is 5.71. The van der Waals surface area contributed by atoms with Crippen molar-refractivity contribution in [1.29, 1.82) is 0 Å². The van der Waals surface area contributed by atoms with Crippen LogP contribution in [0.4, 0.5) is 4.39 Å². The predicted octanol–water partition coefficient (Wildman–Crippen LogP) is 1.96. The minimum Gasteiger partial charge on any atom is -0.466 e. The molecule has 0 saturated heterocycles. The highest BCUT2D eigenvalue weighted by Gasteiger charge is 2.17. The lowest BCUT2D eigenvalue weighted by Crippen LogP contribution is -2.28. The van der Waals surface area contributed by atoms with E-state index in [4.69, 9.17) is 4.74 Å². The van der Waals surface area contributed by atoms with E-state index in [1.165, 1.54) is 31.2 Å². The van der Waals surface area contributed by atoms with Gasteiger partial charge in [-0.2, -0.15) is 0 Å². The number of benzene rings is 1. The van der Waals surface area contributed by atoms with Crippen LogP contribution in [0.15, 0.2) is 24.3 Å². The number of hydrogen-bond acceptors (Lipinski definition) is 3. The van der Waals surface area contributed by atoms with Crippen molar-refractivity contribution in [3.8, 4) is 0 Å². The van der Waals surface area contributed by atoms with Gasteiger partial charge in [0.25, 0.3) is 0 Å². The third kappa shape index (κ3) is 4.53. The second-order valence-corrected chi connectivity index (χ2v) is 3.81. The fourth-order valence-corrected chi connectivity index (χ4v) is 1.58. The molecule has 0 fully saturated rings. The number of amides is 1. The van der Waals surface area contributed by atoms with E-state index < -0.39 is 12.0 Å². The van der Waals surface area contributed by atoms with E-state index in [1.807, 2.05) is 0 Å². The Balaban J connectivity index is 2.80. The van der Waals surface area contributed by atoms with Gasteiger partial charge in [0.1, 0.15) is 5.82 Å². The lowest BCUT2D eigenvalue weighted by Gasteiger charge is -2.17. The number of esters is 1. The Morgan fingerprint density at radius 3 is 2.44 bits per heavy atom. The Bertz CT molecular complexity index is 417. The van der Waals surface area contributed by atoms with Gasteiger partial charge in [0, 0.05) is 6.92 Å². The Morgan fingerprint density at radius 2 is 1.94 bits per heavy atom. The van der Waals surface area contributed by atoms with Crippen molar-refractivity contribution >= 4 is 11.9 Å². The van der Waals surface area contributed by atoms with Gasteiger partial charge in [-0.1, -0.05) is 12.1 Å². The molecule has 0 radical (unpaired) electrons. The SMILES string of the molecule is CCOC(=O)CC(NC(C)=O)c1ccc(F)cc1. The number of nitrogens with one attached hydrogen (secondary N) is 1. The summed E-state index contributed by atoms with van der Waals surface area (Å²) in [6.07, 6.45) is 0.0268. The molecule has 1 rings (SSSR count). The first-order valence-electron chi connectivity index (χ1n) is 5.71. The molecule has 18 heavy (non-hydrogen) atoms. The quantitative estimate of drug-likeness (QED) is 0.816. The van der Waals surface area contributed by atoms with E-state index in [0.717, 1.165) is 0 Å². The summed E-state index contributed by atoms with van der Waals surface area (Å²) in [7, 11) is 0. The zero-order valence-electron chi connectivity index (χ0n) is 10.4. The molecule has 0 spiro atoms. The van der Waals surface area contributed by atoms with Crippen LogP contribution in [0.5, 0.6) is 0 Å². The zero-order valence-corrected chi connectivity index (χ0v) is 10.4. The standard InChI is InChI=1S/C13H16FNO3/c1-3-18-13(17)8-12(15-9(2)16)10-4-6-11(14)7-5-10/h4-7,12H,3,8H2,1-2H3,(H,15,16). The van der Waals surface area contributed by atoms with Crippen LogP contribution in [-0.4, -0.2) is 18.5 Å². The Hall–Kier alpha value is -1.91. The summed E-state index contributed by atoms with van der Waals surface area (Å²) in [4.78, 5) is 22.5. The topological polar surface area (TPSA) is 55.4 Å². The maximum atomic E-state index is 12.8. The molecule has 0 heterocycles. The van der Waals surface area contributed by atoms with Gasteiger partial charge < -0.3 is 10.1 Å². The van der Waals surface area contributed by atoms with Crippen LogP contribution >= 0.6 is 0 Å². The highest BCUT2D eigenvalue weighted by molar-refractivity contribution is 5.76. The second-order valence-electron chi connectivity index (χ2n) is 3.81. The highest BCUT2D eigenvalue weighted by atomic mass is 19.1. The molecule has 1 aromatic carbocycles. The lowest BCUT2D eigenvalue weighted by atomic mass is 10.0. The van der Waals surface area contributed by atoms with E-state index in [1.54, 1.807) is 6.92 Å². The summed E-state index contributed by atoms with van der Waals surface area (Å²) >= 11 is 0. The Kier molecular flexibility index (Phi) is 5.30. The van der Waals surface area contributed by atoms with Crippen LogP contribution in [0.25, 0.3) is 0 Å². The molecule has 0 aliphatic heterocycles. The molecular formula is C13H16FNO3. The molecule has 1 unspecified atom stereocenters. The maximum Gasteiger partial charge on any atom is 0.308 e. The van der Waals surface area contributed by atoms with E-state index in [9.17, 15) is 14.0 Å². The van der Waals surface area contributed by atoms with Crippen molar-refractivity contribution in [2.24, 2.45) is 0 Å². The van der Waals surface area contributed by atoms with Gasteiger partial charge in [0.15, 0.2) is 0 Å². The number of halogens is 1. The summed E-state index contributed by atoms with van der Waals surface area (Å²) in [5, 5.41) is 2.64. The fraction of sp³-hybridized carbons (Fsp3) is 0.385. The van der Waals surface area contributed by atoms with Crippen LogP contribution in [0.3, 0.4) is 0 Å². The first-order chi connectivity index (χ1) is 8.52. The largest absolute Gasteiger partial charge is 0.466 e. The average Bonchev–Trinajstić information content (AvgIpc) is 2.28. The van der Waals surface area contributed by atoms with Gasteiger partial charge in [0.05, 0.1) is 19.1 Å². The van der Waals surface area contributed by atoms with Crippen LogP contribution in [0.1, 0.15) is 31.9 Å². The molecule has 1 atom stereocenters. The maximum absolute atomic E-state index is 12.8. The Labute approximate surface area is 105 Å². The summed E-state index contributed by atoms with van der Waals surface area (Å²) in [6.45, 7) is 3.36. The van der Waals surface area contributed by atoms with Crippen LogP contribution in [0.2, 0.25) is 0 Å².